The normalized spacial score (nSPS) is 19.1. The Balaban J connectivity index is 1.13. The largest absolute Gasteiger partial charge is 0.352 e. The number of aromatic amines is 1. The molecule has 2 aliphatic rings. The van der Waals surface area contributed by atoms with Gasteiger partial charge in [0.1, 0.15) is 11.5 Å². The molecule has 210 valence electrons. The topological polar surface area (TPSA) is 86.4 Å². The van der Waals surface area contributed by atoms with Gasteiger partial charge < -0.3 is 14.8 Å². The molecule has 7 nitrogen and oxygen atoms in total. The molecule has 2 bridgehead atoms. The van der Waals surface area contributed by atoms with Crippen LogP contribution in [0.15, 0.2) is 72.9 Å². The van der Waals surface area contributed by atoms with Crippen molar-refractivity contribution in [2.45, 2.75) is 45.7 Å². The Morgan fingerprint density at radius 2 is 1.68 bits per heavy atom. The van der Waals surface area contributed by atoms with Crippen molar-refractivity contribution in [3.63, 3.8) is 0 Å². The van der Waals surface area contributed by atoms with Crippen LogP contribution in [0.4, 0.5) is 4.39 Å². The van der Waals surface area contributed by atoms with Crippen molar-refractivity contribution < 1.29 is 18.8 Å². The third-order valence-corrected chi connectivity index (χ3v) is 8.49. The average Bonchev–Trinajstić information content (AvgIpc) is 3.69. The molecule has 4 heterocycles. The van der Waals surface area contributed by atoms with Crippen LogP contribution in [0.5, 0.6) is 0 Å². The van der Waals surface area contributed by atoms with E-state index in [1.807, 2.05) is 67.0 Å². The zero-order valence-corrected chi connectivity index (χ0v) is 23.4. The van der Waals surface area contributed by atoms with Gasteiger partial charge in [-0.1, -0.05) is 57.2 Å². The highest BCUT2D eigenvalue weighted by atomic mass is 19.1. The molecule has 3 atom stereocenters. The summed E-state index contributed by atoms with van der Waals surface area (Å²) in [5, 5.41) is 0.623. The van der Waals surface area contributed by atoms with Crippen LogP contribution in [-0.4, -0.2) is 62.5 Å². The second kappa shape index (κ2) is 10.3. The highest BCUT2D eigenvalue weighted by Crippen LogP contribution is 2.38. The molecule has 2 amide bonds. The lowest BCUT2D eigenvalue weighted by molar-refractivity contribution is -0.141. The maximum atomic E-state index is 13.9. The van der Waals surface area contributed by atoms with Gasteiger partial charge in [0.15, 0.2) is 5.78 Å². The number of pyridine rings is 1. The predicted molar refractivity (Wildman–Crippen MR) is 155 cm³/mol. The second-order valence-corrected chi connectivity index (χ2v) is 12.3. The second-order valence-electron chi connectivity index (χ2n) is 12.3. The van der Waals surface area contributed by atoms with Gasteiger partial charge in [-0.15, -0.1) is 0 Å². The number of nitrogens with one attached hydrogen (secondary N) is 1. The molecule has 2 fully saturated rings. The Labute approximate surface area is 238 Å². The van der Waals surface area contributed by atoms with E-state index in [-0.39, 0.29) is 41.9 Å². The number of likely N-dealkylation sites (tertiary alicyclic amines) is 2. The zero-order chi connectivity index (χ0) is 28.9. The number of rotatable bonds is 6. The molecule has 2 aromatic carbocycles. The van der Waals surface area contributed by atoms with Crippen LogP contribution in [-0.2, 0) is 4.79 Å². The first-order chi connectivity index (χ1) is 19.6. The van der Waals surface area contributed by atoms with Gasteiger partial charge >= 0.3 is 0 Å². The summed E-state index contributed by atoms with van der Waals surface area (Å²) in [6, 6.07) is 19.4. The molecular weight excluding hydrogens is 519 g/mol. The molecule has 0 aliphatic carbocycles. The van der Waals surface area contributed by atoms with Crippen LogP contribution in [0.2, 0.25) is 0 Å². The minimum atomic E-state index is -0.533. The molecule has 1 N–H and O–H groups in total. The number of amides is 2. The number of benzene rings is 2. The lowest BCUT2D eigenvalue weighted by Gasteiger charge is -2.39. The number of ketones is 1. The van der Waals surface area contributed by atoms with E-state index in [2.05, 4.69) is 9.97 Å². The fraction of sp³-hybridized carbons (Fsp3) is 0.333. The molecule has 0 unspecified atom stereocenters. The molecule has 2 aliphatic heterocycles. The van der Waals surface area contributed by atoms with E-state index in [0.29, 0.717) is 35.4 Å². The molecule has 4 aromatic rings. The lowest BCUT2D eigenvalue weighted by atomic mass is 9.76. The van der Waals surface area contributed by atoms with Gasteiger partial charge in [0.05, 0.1) is 23.7 Å². The highest BCUT2D eigenvalue weighted by Gasteiger charge is 2.50. The van der Waals surface area contributed by atoms with Crippen molar-refractivity contribution in [3.8, 4) is 11.1 Å². The number of piperazine rings is 1. The maximum absolute atomic E-state index is 13.9. The number of H-pyrrole nitrogens is 1. The number of Topliss-reactive ketones (excluding diaryl/α,β-unsaturated/α-hetero) is 1. The summed E-state index contributed by atoms with van der Waals surface area (Å²) in [6.45, 7) is 6.81. The summed E-state index contributed by atoms with van der Waals surface area (Å²) in [5.74, 6) is -1.26. The molecule has 2 saturated heterocycles. The summed E-state index contributed by atoms with van der Waals surface area (Å²) in [4.78, 5) is 51.7. The van der Waals surface area contributed by atoms with E-state index in [9.17, 15) is 18.8 Å². The third-order valence-electron chi connectivity index (χ3n) is 8.49. The molecule has 0 spiro atoms. The van der Waals surface area contributed by atoms with E-state index in [0.717, 1.165) is 17.5 Å². The summed E-state index contributed by atoms with van der Waals surface area (Å²) < 4.78 is 13.6. The lowest BCUT2D eigenvalue weighted by Crippen LogP contribution is -2.53. The molecule has 0 saturated carbocycles. The van der Waals surface area contributed by atoms with E-state index < -0.39 is 11.3 Å². The number of aromatic nitrogens is 2. The van der Waals surface area contributed by atoms with Gasteiger partial charge in [0, 0.05) is 42.2 Å². The minimum absolute atomic E-state index is 0.0475. The number of fused-ring (bicyclic) bond motifs is 3. The van der Waals surface area contributed by atoms with E-state index in [1.54, 1.807) is 24.4 Å². The smallest absolute Gasteiger partial charge is 0.272 e. The molecule has 8 heteroatoms. The van der Waals surface area contributed by atoms with E-state index in [1.165, 1.54) is 12.1 Å². The Kier molecular flexibility index (Phi) is 6.72. The molecule has 6 rings (SSSR count). The van der Waals surface area contributed by atoms with Gasteiger partial charge in [-0.25, -0.2) is 4.39 Å². The Morgan fingerprint density at radius 3 is 2.34 bits per heavy atom. The molecule has 0 radical (unpaired) electrons. The van der Waals surface area contributed by atoms with Gasteiger partial charge in [0.25, 0.3) is 5.91 Å². The fourth-order valence-corrected chi connectivity index (χ4v) is 6.17. The van der Waals surface area contributed by atoms with Crippen molar-refractivity contribution in [1.29, 1.82) is 0 Å². The van der Waals surface area contributed by atoms with Crippen molar-refractivity contribution in [2.24, 2.45) is 11.3 Å². The van der Waals surface area contributed by atoms with Crippen molar-refractivity contribution >= 4 is 28.5 Å². The molecule has 41 heavy (non-hydrogen) atoms. The predicted octanol–water partition coefficient (Wildman–Crippen LogP) is 5.73. The van der Waals surface area contributed by atoms with E-state index >= 15 is 0 Å². The first-order valence-corrected chi connectivity index (χ1v) is 14.0. The third kappa shape index (κ3) is 5.14. The van der Waals surface area contributed by atoms with Gasteiger partial charge in [-0.3, -0.25) is 19.4 Å². The number of halogens is 1. The van der Waals surface area contributed by atoms with Crippen LogP contribution in [0.1, 0.15) is 54.6 Å². The van der Waals surface area contributed by atoms with Crippen LogP contribution in [0.25, 0.3) is 22.0 Å². The van der Waals surface area contributed by atoms with Crippen LogP contribution < -0.4 is 0 Å². The number of hydrogen-bond donors (Lipinski definition) is 1. The zero-order valence-electron chi connectivity index (χ0n) is 23.4. The summed E-state index contributed by atoms with van der Waals surface area (Å²) in [6.07, 6.45) is 2.49. The van der Waals surface area contributed by atoms with Crippen molar-refractivity contribution in [1.82, 2.24) is 19.8 Å². The summed E-state index contributed by atoms with van der Waals surface area (Å²) in [7, 11) is 0. The standard InChI is InChI=1S/C33H33FN4O3/c1-33(2,3)26(16-30(39)29-14-22-13-23(34)10-12-27(22)36-29)31(40)37-18-25-15-24(37)19-38(25)32(41)28-11-9-21(17-35-28)20-7-5-4-6-8-20/h4-14,17,24-26,36H,15-16,18-19H2,1-3H3/t24-,25-,26+/m0/s1. The average molecular weight is 553 g/mol. The van der Waals surface area contributed by atoms with Crippen molar-refractivity contribution in [3.05, 3.63) is 90.1 Å². The maximum Gasteiger partial charge on any atom is 0.272 e. The van der Waals surface area contributed by atoms with E-state index in [4.69, 9.17) is 0 Å². The van der Waals surface area contributed by atoms with Gasteiger partial charge in [0.2, 0.25) is 5.91 Å². The van der Waals surface area contributed by atoms with Gasteiger partial charge in [-0.05, 0) is 47.7 Å². The van der Waals surface area contributed by atoms with Crippen LogP contribution >= 0.6 is 0 Å². The Morgan fingerprint density at radius 1 is 0.951 bits per heavy atom. The summed E-state index contributed by atoms with van der Waals surface area (Å²) >= 11 is 0. The molecular formula is C33H33FN4O3. The van der Waals surface area contributed by atoms with Crippen molar-refractivity contribution in [2.75, 3.05) is 13.1 Å². The quantitative estimate of drug-likeness (QED) is 0.310. The number of carbonyl (C=O) groups is 3. The SMILES string of the molecule is CC(C)(C)[C@H](CC(=O)c1cc2cc(F)ccc2[nH]1)C(=O)N1C[C@@H]2C[C@H]1CN2C(=O)c1ccc(-c2ccccc2)cn1. The highest BCUT2D eigenvalue weighted by molar-refractivity contribution is 6.01. The summed E-state index contributed by atoms with van der Waals surface area (Å²) in [5.41, 5.74) is 2.99. The molecule has 2 aromatic heterocycles. The van der Waals surface area contributed by atoms with Crippen LogP contribution in [0, 0.1) is 17.2 Å². The van der Waals surface area contributed by atoms with Gasteiger partial charge in [-0.2, -0.15) is 0 Å². The fourth-order valence-electron chi connectivity index (χ4n) is 6.17. The number of nitrogens with zero attached hydrogens (tertiary/aromatic N) is 3. The first kappa shape index (κ1) is 26.9. The van der Waals surface area contributed by atoms with Crippen LogP contribution in [0.3, 0.4) is 0 Å². The Hall–Kier alpha value is -4.33. The first-order valence-electron chi connectivity index (χ1n) is 14.0. The monoisotopic (exact) mass is 552 g/mol. The number of carbonyl (C=O) groups excluding carboxylic acids is 3. The minimum Gasteiger partial charge on any atom is -0.352 e. The number of hydrogen-bond acceptors (Lipinski definition) is 4. The Bertz CT molecular complexity index is 1620.